The topological polar surface area (TPSA) is 67.9 Å². The van der Waals surface area contributed by atoms with E-state index in [2.05, 4.69) is 21.2 Å². The van der Waals surface area contributed by atoms with Crippen molar-refractivity contribution in [3.05, 3.63) is 94.5 Å². The third-order valence-corrected chi connectivity index (χ3v) is 6.49. The monoisotopic (exact) mass is 552 g/mol. The third kappa shape index (κ3) is 7.85. The van der Waals surface area contributed by atoms with Crippen LogP contribution < -0.4 is 14.8 Å². The van der Waals surface area contributed by atoms with Gasteiger partial charge in [0.1, 0.15) is 6.04 Å². The average molecular weight is 553 g/mol. The molecule has 36 heavy (non-hydrogen) atoms. The molecule has 0 spiro atoms. The first kappa shape index (κ1) is 27.3. The zero-order valence-electron chi connectivity index (χ0n) is 20.9. The Hall–Kier alpha value is -3.32. The number of rotatable bonds is 12. The molecule has 0 aliphatic carbocycles. The third-order valence-electron chi connectivity index (χ3n) is 5.96. The van der Waals surface area contributed by atoms with E-state index in [9.17, 15) is 9.59 Å². The number of amides is 2. The Morgan fingerprint density at radius 1 is 0.917 bits per heavy atom. The largest absolute Gasteiger partial charge is 0.493 e. The normalized spacial score (nSPS) is 12.3. The number of carbonyl (C=O) groups is 2. The number of hydrogen-bond acceptors (Lipinski definition) is 4. The fourth-order valence-corrected chi connectivity index (χ4v) is 4.01. The number of para-hydroxylation sites is 2. The van der Waals surface area contributed by atoms with Gasteiger partial charge in [-0.3, -0.25) is 9.59 Å². The number of ether oxygens (including phenoxy) is 2. The molecule has 190 valence electrons. The van der Waals surface area contributed by atoms with E-state index in [0.29, 0.717) is 17.9 Å². The summed E-state index contributed by atoms with van der Waals surface area (Å²) in [4.78, 5) is 28.8. The lowest BCUT2D eigenvalue weighted by molar-refractivity contribution is -0.143. The fourth-order valence-electron chi connectivity index (χ4n) is 3.74. The summed E-state index contributed by atoms with van der Waals surface area (Å²) in [5.74, 6) is 0.542. The Labute approximate surface area is 221 Å². The van der Waals surface area contributed by atoms with Gasteiger partial charge in [-0.1, -0.05) is 77.5 Å². The molecule has 0 aliphatic rings. The molecule has 0 saturated carbocycles. The summed E-state index contributed by atoms with van der Waals surface area (Å²) in [5, 5.41) is 3.07. The second-order valence-electron chi connectivity index (χ2n) is 8.61. The predicted molar refractivity (Wildman–Crippen MR) is 145 cm³/mol. The highest BCUT2D eigenvalue weighted by atomic mass is 79.9. The van der Waals surface area contributed by atoms with Crippen LogP contribution in [-0.4, -0.2) is 42.5 Å². The van der Waals surface area contributed by atoms with Crippen LogP contribution >= 0.6 is 15.9 Å². The molecule has 2 amide bonds. The average Bonchev–Trinajstić information content (AvgIpc) is 2.90. The number of carbonyl (C=O) groups excluding carboxylic acids is 2. The quantitative estimate of drug-likeness (QED) is 0.327. The van der Waals surface area contributed by atoms with Crippen molar-refractivity contribution >= 4 is 27.7 Å². The van der Waals surface area contributed by atoms with Gasteiger partial charge in [-0.2, -0.15) is 0 Å². The van der Waals surface area contributed by atoms with E-state index < -0.39 is 6.04 Å². The van der Waals surface area contributed by atoms with Crippen LogP contribution in [0.5, 0.6) is 11.5 Å². The van der Waals surface area contributed by atoms with Gasteiger partial charge in [-0.25, -0.2) is 0 Å². The minimum Gasteiger partial charge on any atom is -0.493 e. The molecule has 3 aromatic rings. The van der Waals surface area contributed by atoms with Crippen LogP contribution in [0.15, 0.2) is 83.3 Å². The van der Waals surface area contributed by atoms with Crippen molar-refractivity contribution in [3.63, 3.8) is 0 Å². The Bertz CT molecular complexity index is 1120. The van der Waals surface area contributed by atoms with Gasteiger partial charge in [0.05, 0.1) is 7.11 Å². The maximum absolute atomic E-state index is 13.6. The van der Waals surface area contributed by atoms with E-state index in [4.69, 9.17) is 9.47 Å². The first-order chi connectivity index (χ1) is 17.4. The first-order valence-electron chi connectivity index (χ1n) is 12.0. The number of benzene rings is 3. The molecule has 0 bridgehead atoms. The summed E-state index contributed by atoms with van der Waals surface area (Å²) in [6.07, 6.45) is 1.18. The molecule has 7 heteroatoms. The Morgan fingerprint density at radius 2 is 1.56 bits per heavy atom. The van der Waals surface area contributed by atoms with Gasteiger partial charge in [0.2, 0.25) is 5.91 Å². The highest BCUT2D eigenvalue weighted by molar-refractivity contribution is 9.10. The van der Waals surface area contributed by atoms with Gasteiger partial charge in [-0.15, -0.1) is 0 Å². The van der Waals surface area contributed by atoms with E-state index in [1.807, 2.05) is 80.6 Å². The second kappa shape index (κ2) is 13.7. The van der Waals surface area contributed by atoms with E-state index in [1.165, 1.54) is 0 Å². The van der Waals surface area contributed by atoms with Gasteiger partial charge in [0.25, 0.3) is 5.91 Å². The molecule has 2 atom stereocenters. The number of nitrogens with one attached hydrogen (secondary N) is 1. The molecule has 0 aliphatic heterocycles. The summed E-state index contributed by atoms with van der Waals surface area (Å²) in [6.45, 7) is 4.03. The zero-order valence-corrected chi connectivity index (χ0v) is 22.5. The Kier molecular flexibility index (Phi) is 10.4. The van der Waals surface area contributed by atoms with Crippen molar-refractivity contribution in [1.29, 1.82) is 0 Å². The highest BCUT2D eigenvalue weighted by Crippen LogP contribution is 2.26. The predicted octanol–water partition coefficient (Wildman–Crippen LogP) is 5.39. The summed E-state index contributed by atoms with van der Waals surface area (Å²) >= 11 is 3.46. The molecule has 6 nitrogen and oxygen atoms in total. The minimum absolute atomic E-state index is 0.00904. The number of halogens is 1. The highest BCUT2D eigenvalue weighted by Gasteiger charge is 2.31. The van der Waals surface area contributed by atoms with Crippen molar-refractivity contribution in [1.82, 2.24) is 10.2 Å². The lowest BCUT2D eigenvalue weighted by atomic mass is 10.0. The van der Waals surface area contributed by atoms with E-state index in [0.717, 1.165) is 22.0 Å². The Balaban J connectivity index is 1.92. The van der Waals surface area contributed by atoms with Crippen LogP contribution in [0.3, 0.4) is 0 Å². The molecule has 3 rings (SSSR count). The molecule has 0 heterocycles. The van der Waals surface area contributed by atoms with E-state index >= 15 is 0 Å². The Morgan fingerprint density at radius 3 is 2.19 bits per heavy atom. The standard InChI is InChI=1S/C29H33BrN2O4/c1-4-21(2)31-29(34)25(18-22-10-6-5-7-11-22)32(19-23-14-16-24(30)17-15-23)28(33)20-36-27-13-9-8-12-26(27)35-3/h5-17,21,25H,4,18-20H2,1-3H3,(H,31,34). The summed E-state index contributed by atoms with van der Waals surface area (Å²) in [5.41, 5.74) is 1.89. The van der Waals surface area contributed by atoms with Crippen molar-refractivity contribution < 1.29 is 19.1 Å². The van der Waals surface area contributed by atoms with Gasteiger partial charge < -0.3 is 19.7 Å². The zero-order chi connectivity index (χ0) is 25.9. The van der Waals surface area contributed by atoms with Crippen LogP contribution in [0.4, 0.5) is 0 Å². The van der Waals surface area contributed by atoms with Crippen LogP contribution in [-0.2, 0) is 22.6 Å². The molecule has 0 fully saturated rings. The minimum atomic E-state index is -0.709. The maximum Gasteiger partial charge on any atom is 0.261 e. The van der Waals surface area contributed by atoms with E-state index in [1.54, 1.807) is 24.1 Å². The van der Waals surface area contributed by atoms with Crippen LogP contribution in [0.2, 0.25) is 0 Å². The van der Waals surface area contributed by atoms with Crippen LogP contribution in [0.25, 0.3) is 0 Å². The molecule has 2 unspecified atom stereocenters. The summed E-state index contributed by atoms with van der Waals surface area (Å²) in [6, 6.07) is 23.9. The van der Waals surface area contributed by atoms with Crippen LogP contribution in [0, 0.1) is 0 Å². The fraction of sp³-hybridized carbons (Fsp3) is 0.310. The molecular weight excluding hydrogens is 520 g/mol. The second-order valence-corrected chi connectivity index (χ2v) is 9.53. The van der Waals surface area contributed by atoms with Crippen molar-refractivity contribution in [3.8, 4) is 11.5 Å². The van der Waals surface area contributed by atoms with Gasteiger partial charge in [-0.05, 0) is 48.7 Å². The van der Waals surface area contributed by atoms with Gasteiger partial charge in [0, 0.05) is 23.5 Å². The molecule has 3 aromatic carbocycles. The number of methoxy groups -OCH3 is 1. The molecule has 1 N–H and O–H groups in total. The summed E-state index contributed by atoms with van der Waals surface area (Å²) < 4.78 is 12.1. The molecular formula is C29H33BrN2O4. The van der Waals surface area contributed by atoms with Gasteiger partial charge >= 0.3 is 0 Å². The lowest BCUT2D eigenvalue weighted by Gasteiger charge is -2.32. The molecule has 0 aromatic heterocycles. The van der Waals surface area contributed by atoms with E-state index in [-0.39, 0.29) is 31.0 Å². The SMILES string of the molecule is CCC(C)NC(=O)C(Cc1ccccc1)N(Cc1ccc(Br)cc1)C(=O)COc1ccccc1OC. The van der Waals surface area contributed by atoms with Crippen LogP contribution in [0.1, 0.15) is 31.4 Å². The van der Waals surface area contributed by atoms with Gasteiger partial charge in [0.15, 0.2) is 18.1 Å². The number of hydrogen-bond donors (Lipinski definition) is 1. The summed E-state index contributed by atoms with van der Waals surface area (Å²) in [7, 11) is 1.55. The van der Waals surface area contributed by atoms with Crippen molar-refractivity contribution in [2.75, 3.05) is 13.7 Å². The van der Waals surface area contributed by atoms with Crippen molar-refractivity contribution in [2.24, 2.45) is 0 Å². The maximum atomic E-state index is 13.6. The smallest absolute Gasteiger partial charge is 0.261 e. The number of nitrogens with zero attached hydrogens (tertiary/aromatic N) is 1. The lowest BCUT2D eigenvalue weighted by Crippen LogP contribution is -2.53. The molecule has 0 saturated heterocycles. The molecule has 0 radical (unpaired) electrons. The first-order valence-corrected chi connectivity index (χ1v) is 12.8. The van der Waals surface area contributed by atoms with Crippen molar-refractivity contribution in [2.45, 2.75) is 45.3 Å².